The number of hydrogen-bond acceptors (Lipinski definition) is 6. The molecule has 0 spiro atoms. The molecule has 2 aromatic heterocycles. The van der Waals surface area contributed by atoms with Crippen molar-refractivity contribution in [3.05, 3.63) is 87.6 Å². The molecule has 2 aromatic carbocycles. The second-order valence-electron chi connectivity index (χ2n) is 14.6. The minimum atomic E-state index is -4.66. The number of ether oxygens (including phenoxy) is 1. The molecular formula is C37H51F5N8O2. The van der Waals surface area contributed by atoms with Crippen molar-refractivity contribution in [1.29, 1.82) is 0 Å². The molecule has 0 aliphatic heterocycles. The number of fused-ring (bicyclic) bond motifs is 1. The molecule has 1 atom stereocenters. The van der Waals surface area contributed by atoms with Crippen molar-refractivity contribution in [2.24, 2.45) is 22.2 Å². The standard InChI is InChI=1S/C22H29F2N7O.C15H22F3NO/c1-22(2,3)16-11-14-12-31(21(32)30-19(14)29-16)15-7-5-13(6-8-15)17(18(23)24)27-9-4-10-28-20(25)26;1-14(2,3)12-8-11(6-4-5-7-19)9-13(10-12)20-15(16,17)18/h5-8,11-12,17-18,27H,4,9-10H2,1-3H3,(H4,25,26,28)(H,29,30,32);8-10H,4-7,19H2,1-3H3. The van der Waals surface area contributed by atoms with Crippen molar-refractivity contribution in [3.63, 3.8) is 0 Å². The molecule has 52 heavy (non-hydrogen) atoms. The van der Waals surface area contributed by atoms with Gasteiger partial charge in [-0.3, -0.25) is 9.56 Å². The largest absolute Gasteiger partial charge is 0.573 e. The van der Waals surface area contributed by atoms with Crippen molar-refractivity contribution in [3.8, 4) is 11.4 Å². The van der Waals surface area contributed by atoms with Gasteiger partial charge in [-0.05, 0) is 91.2 Å². The minimum absolute atomic E-state index is 0.0248. The third-order valence-electron chi connectivity index (χ3n) is 8.08. The summed E-state index contributed by atoms with van der Waals surface area (Å²) in [5.74, 6) is -0.170. The highest BCUT2D eigenvalue weighted by molar-refractivity contribution is 5.76. The maximum atomic E-state index is 13.6. The molecule has 15 heteroatoms. The molecule has 0 saturated carbocycles. The number of halogens is 5. The van der Waals surface area contributed by atoms with Gasteiger partial charge in [0.15, 0.2) is 5.96 Å². The molecule has 0 bridgehead atoms. The van der Waals surface area contributed by atoms with Gasteiger partial charge in [-0.2, -0.15) is 4.98 Å². The first kappa shape index (κ1) is 41.9. The Morgan fingerprint density at radius 2 is 1.63 bits per heavy atom. The maximum Gasteiger partial charge on any atom is 0.573 e. The summed E-state index contributed by atoms with van der Waals surface area (Å²) in [6, 6.07) is 12.1. The van der Waals surface area contributed by atoms with Crippen LogP contribution in [0, 0.1) is 0 Å². The summed E-state index contributed by atoms with van der Waals surface area (Å²) in [6.45, 7) is 13.4. The van der Waals surface area contributed by atoms with Crippen molar-refractivity contribution in [2.75, 3.05) is 19.6 Å². The molecule has 0 amide bonds. The number of aliphatic imine (C=N–C) groups is 1. The van der Waals surface area contributed by atoms with E-state index in [1.807, 2.05) is 32.9 Å². The molecule has 10 nitrogen and oxygen atoms in total. The zero-order valence-electron chi connectivity index (χ0n) is 30.6. The van der Waals surface area contributed by atoms with Crippen LogP contribution in [0.15, 0.2) is 64.5 Å². The van der Waals surface area contributed by atoms with Crippen LogP contribution in [0.1, 0.15) is 89.2 Å². The van der Waals surface area contributed by atoms with Gasteiger partial charge in [0, 0.05) is 29.2 Å². The number of rotatable bonds is 13. The first-order valence-electron chi connectivity index (χ1n) is 17.1. The third kappa shape index (κ3) is 12.9. The van der Waals surface area contributed by atoms with Gasteiger partial charge >= 0.3 is 12.1 Å². The Balaban J connectivity index is 0.000000314. The van der Waals surface area contributed by atoms with E-state index in [-0.39, 0.29) is 22.5 Å². The van der Waals surface area contributed by atoms with Gasteiger partial charge in [-0.15, -0.1) is 13.2 Å². The summed E-state index contributed by atoms with van der Waals surface area (Å²) in [6.07, 6.45) is -2.61. The lowest BCUT2D eigenvalue weighted by Gasteiger charge is -2.21. The number of hydrogen-bond donors (Lipinski definition) is 5. The second kappa shape index (κ2) is 17.8. The number of unbranched alkanes of at least 4 members (excludes halogenated alkanes) is 1. The zero-order valence-corrected chi connectivity index (χ0v) is 30.6. The predicted molar refractivity (Wildman–Crippen MR) is 196 cm³/mol. The Bertz CT molecular complexity index is 1820. The summed E-state index contributed by atoms with van der Waals surface area (Å²) in [4.78, 5) is 23.7. The van der Waals surface area contributed by atoms with Gasteiger partial charge in [0.2, 0.25) is 0 Å². The molecule has 8 N–H and O–H groups in total. The van der Waals surface area contributed by atoms with E-state index in [9.17, 15) is 26.7 Å². The Morgan fingerprint density at radius 1 is 0.962 bits per heavy atom. The quantitative estimate of drug-likeness (QED) is 0.0440. The fourth-order valence-electron chi connectivity index (χ4n) is 5.23. The van der Waals surface area contributed by atoms with Crippen LogP contribution in [-0.2, 0) is 17.3 Å². The van der Waals surface area contributed by atoms with Crippen LogP contribution in [-0.4, -0.2) is 52.9 Å². The summed E-state index contributed by atoms with van der Waals surface area (Å²) in [5.41, 5.74) is 19.3. The first-order valence-corrected chi connectivity index (χ1v) is 17.1. The zero-order chi connectivity index (χ0) is 38.9. The normalized spacial score (nSPS) is 12.8. The number of aromatic amines is 1. The summed E-state index contributed by atoms with van der Waals surface area (Å²) >= 11 is 0. The molecule has 0 radical (unpaired) electrons. The lowest BCUT2D eigenvalue weighted by atomic mass is 9.85. The van der Waals surface area contributed by atoms with Crippen LogP contribution in [0.2, 0.25) is 0 Å². The van der Waals surface area contributed by atoms with Gasteiger partial charge in [0.1, 0.15) is 11.4 Å². The van der Waals surface area contributed by atoms with E-state index < -0.39 is 24.5 Å². The third-order valence-corrected chi connectivity index (χ3v) is 8.08. The van der Waals surface area contributed by atoms with E-state index >= 15 is 0 Å². The highest BCUT2D eigenvalue weighted by Crippen LogP contribution is 2.31. The molecule has 0 aliphatic carbocycles. The monoisotopic (exact) mass is 734 g/mol. The van der Waals surface area contributed by atoms with Gasteiger partial charge in [0.25, 0.3) is 6.43 Å². The first-order chi connectivity index (χ1) is 24.2. The fraction of sp³-hybridized carbons (Fsp3) is 0.486. The molecule has 286 valence electrons. The Labute approximate surface area is 301 Å². The molecule has 0 fully saturated rings. The van der Waals surface area contributed by atoms with E-state index in [2.05, 4.69) is 45.8 Å². The van der Waals surface area contributed by atoms with E-state index in [0.29, 0.717) is 49.4 Å². The van der Waals surface area contributed by atoms with Gasteiger partial charge in [-0.1, -0.05) is 59.7 Å². The number of nitrogens with two attached hydrogens (primary N) is 3. The highest BCUT2D eigenvalue weighted by Gasteiger charge is 2.32. The summed E-state index contributed by atoms with van der Waals surface area (Å²) < 4.78 is 69.7. The molecule has 1 unspecified atom stereocenters. The smallest absolute Gasteiger partial charge is 0.406 e. The minimum Gasteiger partial charge on any atom is -0.406 e. The van der Waals surface area contributed by atoms with Crippen LogP contribution in [0.25, 0.3) is 16.7 Å². The van der Waals surface area contributed by atoms with Crippen molar-refractivity contribution in [1.82, 2.24) is 19.9 Å². The van der Waals surface area contributed by atoms with E-state index in [0.717, 1.165) is 35.0 Å². The highest BCUT2D eigenvalue weighted by atomic mass is 19.4. The van der Waals surface area contributed by atoms with Crippen LogP contribution in [0.5, 0.6) is 5.75 Å². The number of H-pyrrole nitrogens is 1. The Morgan fingerprint density at radius 3 is 2.19 bits per heavy atom. The van der Waals surface area contributed by atoms with E-state index in [1.165, 1.54) is 16.7 Å². The number of aromatic nitrogens is 3. The molecule has 2 heterocycles. The van der Waals surface area contributed by atoms with Crippen molar-refractivity contribution in [2.45, 2.75) is 96.9 Å². The average molecular weight is 735 g/mol. The molecular weight excluding hydrogens is 683 g/mol. The average Bonchev–Trinajstić information content (AvgIpc) is 3.45. The number of nitrogens with one attached hydrogen (secondary N) is 2. The number of alkyl halides is 5. The number of nitrogens with zero attached hydrogens (tertiary/aromatic N) is 3. The lowest BCUT2D eigenvalue weighted by molar-refractivity contribution is -0.274. The number of aryl methyl sites for hydroxylation is 1. The summed E-state index contributed by atoms with van der Waals surface area (Å²) in [7, 11) is 0. The summed E-state index contributed by atoms with van der Waals surface area (Å²) in [5, 5.41) is 3.63. The molecule has 4 rings (SSSR count). The van der Waals surface area contributed by atoms with Crippen molar-refractivity contribution < 1.29 is 26.7 Å². The van der Waals surface area contributed by atoms with Crippen molar-refractivity contribution >= 4 is 17.0 Å². The molecule has 4 aromatic rings. The Kier molecular flexibility index (Phi) is 14.4. The van der Waals surface area contributed by atoms with Gasteiger partial charge in [-0.25, -0.2) is 13.6 Å². The topological polar surface area (TPSA) is 162 Å². The molecule has 0 aliphatic rings. The van der Waals surface area contributed by atoms with Gasteiger partial charge < -0.3 is 32.2 Å². The van der Waals surface area contributed by atoms with E-state index in [1.54, 1.807) is 30.5 Å². The van der Waals surface area contributed by atoms with Gasteiger partial charge in [0.05, 0.1) is 11.7 Å². The predicted octanol–water partition coefficient (Wildman–Crippen LogP) is 6.73. The lowest BCUT2D eigenvalue weighted by Crippen LogP contribution is -2.29. The number of benzene rings is 2. The fourth-order valence-corrected chi connectivity index (χ4v) is 5.23. The van der Waals surface area contributed by atoms with Crippen LogP contribution in [0.3, 0.4) is 0 Å². The Hall–Kier alpha value is -4.50. The number of guanidine groups is 1. The molecule has 0 saturated heterocycles. The van der Waals surface area contributed by atoms with Crippen LogP contribution in [0.4, 0.5) is 22.0 Å². The van der Waals surface area contributed by atoms with Crippen LogP contribution < -0.4 is 32.9 Å². The van der Waals surface area contributed by atoms with Crippen LogP contribution >= 0.6 is 0 Å². The maximum absolute atomic E-state index is 13.6. The SMILES string of the molecule is CC(C)(C)c1cc(CCCCN)cc(OC(F)(F)F)c1.CC(C)(C)c1cc2cn(-c3ccc(C(NCCCN=C(N)N)C(F)F)cc3)c(=O)nc2[nH]1. The van der Waals surface area contributed by atoms with E-state index in [4.69, 9.17) is 17.2 Å². The second-order valence-corrected chi connectivity index (χ2v) is 14.6.